The highest BCUT2D eigenvalue weighted by molar-refractivity contribution is 7.89. The van der Waals surface area contributed by atoms with E-state index in [1.165, 1.54) is 17.3 Å². The predicted molar refractivity (Wildman–Crippen MR) is 145 cm³/mol. The molecule has 0 saturated carbocycles. The lowest BCUT2D eigenvalue weighted by atomic mass is 10.0. The molecule has 1 N–H and O–H groups in total. The Kier molecular flexibility index (Phi) is 8.72. The summed E-state index contributed by atoms with van der Waals surface area (Å²) in [7, 11) is -3.68. The first-order chi connectivity index (χ1) is 18.1. The molecule has 0 spiro atoms. The number of carbonyl (C=O) groups is 2. The van der Waals surface area contributed by atoms with Crippen LogP contribution in [0.1, 0.15) is 56.4 Å². The van der Waals surface area contributed by atoms with E-state index in [0.717, 1.165) is 12.0 Å². The van der Waals surface area contributed by atoms with E-state index >= 15 is 4.39 Å². The summed E-state index contributed by atoms with van der Waals surface area (Å²) in [6, 6.07) is 13.1. The number of piperazine rings is 1. The van der Waals surface area contributed by atoms with Crippen LogP contribution in [0.4, 0.5) is 10.1 Å². The van der Waals surface area contributed by atoms with E-state index in [-0.39, 0.29) is 30.9 Å². The van der Waals surface area contributed by atoms with Gasteiger partial charge in [0.25, 0.3) is 0 Å². The lowest BCUT2D eigenvalue weighted by Crippen LogP contribution is -2.60. The highest BCUT2D eigenvalue weighted by Gasteiger charge is 2.41. The number of amides is 2. The average Bonchev–Trinajstić information content (AvgIpc) is 2.90. The Bertz CT molecular complexity index is 1260. The predicted octanol–water partition coefficient (Wildman–Crippen LogP) is 3.44. The molecule has 206 valence electrons. The highest BCUT2D eigenvalue weighted by atomic mass is 32.2. The number of halogens is 1. The molecule has 2 aliphatic rings. The summed E-state index contributed by atoms with van der Waals surface area (Å²) in [5.74, 6) is -0.887. The quantitative estimate of drug-likeness (QED) is 0.577. The number of hydrogen-bond acceptors (Lipinski definition) is 5. The van der Waals surface area contributed by atoms with Crippen LogP contribution in [-0.4, -0.2) is 67.7 Å². The molecule has 2 heterocycles. The first kappa shape index (κ1) is 28.0. The molecule has 8 nitrogen and oxygen atoms in total. The molecule has 2 amide bonds. The van der Waals surface area contributed by atoms with Crippen molar-refractivity contribution in [2.24, 2.45) is 0 Å². The highest BCUT2D eigenvalue weighted by Crippen LogP contribution is 2.38. The summed E-state index contributed by atoms with van der Waals surface area (Å²) in [6.45, 7) is 6.82. The number of sulfonamides is 1. The molecular weight excluding hydrogens is 507 g/mol. The molecule has 38 heavy (non-hydrogen) atoms. The molecule has 0 aromatic heterocycles. The zero-order chi connectivity index (χ0) is 27.4. The molecule has 2 fully saturated rings. The van der Waals surface area contributed by atoms with Crippen molar-refractivity contribution in [2.45, 2.75) is 63.9 Å². The van der Waals surface area contributed by atoms with Gasteiger partial charge in [-0.05, 0) is 43.9 Å². The molecule has 2 saturated heterocycles. The van der Waals surface area contributed by atoms with Gasteiger partial charge < -0.3 is 15.1 Å². The van der Waals surface area contributed by atoms with E-state index in [0.29, 0.717) is 43.7 Å². The van der Waals surface area contributed by atoms with Crippen LogP contribution >= 0.6 is 0 Å². The van der Waals surface area contributed by atoms with Crippen LogP contribution in [0.5, 0.6) is 0 Å². The van der Waals surface area contributed by atoms with Gasteiger partial charge in [-0.2, -0.15) is 4.31 Å². The number of nitrogens with one attached hydrogen (secondary N) is 1. The Morgan fingerprint density at radius 2 is 1.82 bits per heavy atom. The molecule has 2 aromatic carbocycles. The molecule has 0 aliphatic carbocycles. The third-order valence-electron chi connectivity index (χ3n) is 7.56. The van der Waals surface area contributed by atoms with E-state index in [4.69, 9.17) is 0 Å². The van der Waals surface area contributed by atoms with Gasteiger partial charge in [-0.15, -0.1) is 0 Å². The normalized spacial score (nSPS) is 23.7. The first-order valence-corrected chi connectivity index (χ1v) is 14.8. The molecule has 2 aliphatic heterocycles. The molecule has 0 radical (unpaired) electrons. The van der Waals surface area contributed by atoms with Gasteiger partial charge in [0.2, 0.25) is 21.8 Å². The van der Waals surface area contributed by atoms with Gasteiger partial charge in [0.1, 0.15) is 17.1 Å². The van der Waals surface area contributed by atoms with E-state index in [2.05, 4.69) is 5.32 Å². The fourth-order valence-corrected chi connectivity index (χ4v) is 7.55. The average molecular weight is 545 g/mol. The summed E-state index contributed by atoms with van der Waals surface area (Å²) in [6.07, 6.45) is 2.01. The fourth-order valence-electron chi connectivity index (χ4n) is 5.37. The van der Waals surface area contributed by atoms with Crippen LogP contribution in [0.15, 0.2) is 48.5 Å². The Balaban J connectivity index is 1.52. The SMILES string of the molecule is CCCNC(=O)[C@@H]1CN(c2ccc(CN3[C@@H](C)CCC(c4ccccc4)S3(=O)=O)c(F)c2)CCN1C(C)=O. The minimum Gasteiger partial charge on any atom is -0.367 e. The summed E-state index contributed by atoms with van der Waals surface area (Å²) >= 11 is 0. The standard InChI is InChI=1S/C28H37FN4O4S/c1-4-14-30-28(35)26-19-31(15-16-32(26)21(3)34)24-12-11-23(25(29)17-24)18-33-20(2)10-13-27(38(33,36)37)22-8-6-5-7-9-22/h5-9,11-12,17,20,26-27H,4,10,13-16,18-19H2,1-3H3,(H,30,35)/t20-,26-,27?/m0/s1. The van der Waals surface area contributed by atoms with Gasteiger partial charge in [-0.3, -0.25) is 9.59 Å². The third kappa shape index (κ3) is 5.86. The Hall–Kier alpha value is -2.98. The van der Waals surface area contributed by atoms with Crippen LogP contribution in [0.3, 0.4) is 0 Å². The molecule has 4 rings (SSSR count). The second-order valence-corrected chi connectivity index (χ2v) is 12.2. The topological polar surface area (TPSA) is 90.0 Å². The largest absolute Gasteiger partial charge is 0.367 e. The van der Waals surface area contributed by atoms with E-state index in [1.807, 2.05) is 49.1 Å². The second kappa shape index (κ2) is 11.8. The van der Waals surface area contributed by atoms with Gasteiger partial charge in [0, 0.05) is 56.9 Å². The second-order valence-electron chi connectivity index (χ2n) is 10.2. The zero-order valence-corrected chi connectivity index (χ0v) is 23.1. The van der Waals surface area contributed by atoms with Gasteiger partial charge >= 0.3 is 0 Å². The third-order valence-corrected chi connectivity index (χ3v) is 9.93. The van der Waals surface area contributed by atoms with Crippen molar-refractivity contribution < 1.29 is 22.4 Å². The first-order valence-electron chi connectivity index (χ1n) is 13.3. The minimum atomic E-state index is -3.68. The van der Waals surface area contributed by atoms with Crippen LogP contribution in [0.25, 0.3) is 0 Å². The van der Waals surface area contributed by atoms with Crippen LogP contribution in [-0.2, 0) is 26.2 Å². The van der Waals surface area contributed by atoms with Crippen molar-refractivity contribution in [3.63, 3.8) is 0 Å². The maximum atomic E-state index is 15.4. The summed E-state index contributed by atoms with van der Waals surface area (Å²) in [5.41, 5.74) is 1.65. The number of nitrogens with zero attached hydrogens (tertiary/aromatic N) is 3. The van der Waals surface area contributed by atoms with Gasteiger partial charge in [0.05, 0.1) is 0 Å². The van der Waals surface area contributed by atoms with Gasteiger partial charge in [-0.1, -0.05) is 43.3 Å². The molecule has 0 bridgehead atoms. The molecule has 1 unspecified atom stereocenters. The van der Waals surface area contributed by atoms with E-state index in [9.17, 15) is 18.0 Å². The Morgan fingerprint density at radius 1 is 1.08 bits per heavy atom. The molecule has 3 atom stereocenters. The number of rotatable bonds is 7. The lowest BCUT2D eigenvalue weighted by Gasteiger charge is -2.41. The van der Waals surface area contributed by atoms with Gasteiger partial charge in [-0.25, -0.2) is 12.8 Å². The maximum absolute atomic E-state index is 15.4. The number of benzene rings is 2. The van der Waals surface area contributed by atoms with Crippen molar-refractivity contribution in [3.05, 3.63) is 65.5 Å². The number of hydrogen-bond donors (Lipinski definition) is 1. The number of carbonyl (C=O) groups excluding carboxylic acids is 2. The number of anilines is 1. The lowest BCUT2D eigenvalue weighted by molar-refractivity contribution is -0.139. The van der Waals surface area contributed by atoms with Gasteiger partial charge in [0.15, 0.2) is 0 Å². The summed E-state index contributed by atoms with van der Waals surface area (Å²) in [5, 5.41) is 2.21. The minimum absolute atomic E-state index is 0.0425. The van der Waals surface area contributed by atoms with Crippen molar-refractivity contribution >= 4 is 27.5 Å². The molecular formula is C28H37FN4O4S. The Morgan fingerprint density at radius 3 is 2.47 bits per heavy atom. The Labute approximate surface area is 224 Å². The smallest absolute Gasteiger partial charge is 0.244 e. The zero-order valence-electron chi connectivity index (χ0n) is 22.3. The summed E-state index contributed by atoms with van der Waals surface area (Å²) < 4.78 is 43.9. The van der Waals surface area contributed by atoms with Crippen LogP contribution in [0.2, 0.25) is 0 Å². The van der Waals surface area contributed by atoms with Crippen molar-refractivity contribution in [3.8, 4) is 0 Å². The van der Waals surface area contributed by atoms with Crippen molar-refractivity contribution in [1.82, 2.24) is 14.5 Å². The van der Waals surface area contributed by atoms with Crippen LogP contribution < -0.4 is 10.2 Å². The molecule has 10 heteroatoms. The molecule has 2 aromatic rings. The van der Waals surface area contributed by atoms with E-state index in [1.54, 1.807) is 17.0 Å². The van der Waals surface area contributed by atoms with Crippen molar-refractivity contribution in [2.75, 3.05) is 31.1 Å². The fraction of sp³-hybridized carbons (Fsp3) is 0.500. The van der Waals surface area contributed by atoms with E-state index < -0.39 is 27.1 Å². The maximum Gasteiger partial charge on any atom is 0.244 e. The summed E-state index contributed by atoms with van der Waals surface area (Å²) in [4.78, 5) is 28.3. The van der Waals surface area contributed by atoms with Crippen molar-refractivity contribution in [1.29, 1.82) is 0 Å². The van der Waals surface area contributed by atoms with Crippen LogP contribution in [0, 0.1) is 5.82 Å². The monoisotopic (exact) mass is 544 g/mol.